The lowest BCUT2D eigenvalue weighted by Gasteiger charge is -2.03. The first kappa shape index (κ1) is 12.7. The average Bonchev–Trinajstić information content (AvgIpc) is 2.96. The first-order valence-corrected chi connectivity index (χ1v) is 5.61. The molecule has 0 aliphatic carbocycles. The lowest BCUT2D eigenvalue weighted by Crippen LogP contribution is -2.21. The topological polar surface area (TPSA) is 92.8 Å². The largest absolute Gasteiger partial charge is 0.496 e. The third-order valence-electron chi connectivity index (χ3n) is 2.36. The minimum absolute atomic E-state index is 0.228. The standard InChI is InChI=1S/C12H13N5O2/c1-19-10-5-3-2-4-9(10)6-7-12(18)13-8-11-14-16-17-15-11/h2-7H,8H2,1H3,(H,13,18)(H,14,15,16,17). The van der Waals surface area contributed by atoms with Crippen LogP contribution in [-0.2, 0) is 11.3 Å². The predicted molar refractivity (Wildman–Crippen MR) is 68.1 cm³/mol. The van der Waals surface area contributed by atoms with Crippen LogP contribution in [0.25, 0.3) is 6.08 Å². The van der Waals surface area contributed by atoms with E-state index < -0.39 is 0 Å². The molecule has 0 spiro atoms. The van der Waals surface area contributed by atoms with Crippen molar-refractivity contribution >= 4 is 12.0 Å². The Morgan fingerprint density at radius 2 is 2.32 bits per heavy atom. The predicted octanol–water partition coefficient (Wildman–Crippen LogP) is 0.538. The van der Waals surface area contributed by atoms with Crippen molar-refractivity contribution in [2.45, 2.75) is 6.54 Å². The quantitative estimate of drug-likeness (QED) is 0.764. The number of hydrogen-bond donors (Lipinski definition) is 2. The summed E-state index contributed by atoms with van der Waals surface area (Å²) in [5.74, 6) is 0.902. The average molecular weight is 259 g/mol. The molecule has 2 rings (SSSR count). The Bertz CT molecular complexity index is 565. The normalized spacial score (nSPS) is 10.6. The zero-order chi connectivity index (χ0) is 13.5. The second-order valence-corrected chi connectivity index (χ2v) is 3.62. The van der Waals surface area contributed by atoms with Crippen molar-refractivity contribution in [1.82, 2.24) is 25.9 Å². The Kier molecular flexibility index (Phi) is 4.22. The Morgan fingerprint density at radius 3 is 3.05 bits per heavy atom. The molecule has 2 N–H and O–H groups in total. The van der Waals surface area contributed by atoms with Gasteiger partial charge in [0.1, 0.15) is 5.75 Å². The lowest BCUT2D eigenvalue weighted by atomic mass is 10.2. The van der Waals surface area contributed by atoms with Gasteiger partial charge in [-0.25, -0.2) is 0 Å². The fourth-order valence-corrected chi connectivity index (χ4v) is 1.45. The van der Waals surface area contributed by atoms with E-state index in [1.807, 2.05) is 24.3 Å². The molecule has 0 radical (unpaired) electrons. The fourth-order valence-electron chi connectivity index (χ4n) is 1.45. The molecule has 0 unspecified atom stereocenters. The molecule has 0 fully saturated rings. The van der Waals surface area contributed by atoms with E-state index in [0.29, 0.717) is 11.6 Å². The number of hydrogen-bond acceptors (Lipinski definition) is 5. The molecule has 19 heavy (non-hydrogen) atoms. The second kappa shape index (κ2) is 6.29. The number of H-pyrrole nitrogens is 1. The maximum atomic E-state index is 11.6. The van der Waals surface area contributed by atoms with Crippen LogP contribution in [0, 0.1) is 0 Å². The van der Waals surface area contributed by atoms with Crippen LogP contribution >= 0.6 is 0 Å². The number of nitrogens with one attached hydrogen (secondary N) is 2. The van der Waals surface area contributed by atoms with Gasteiger partial charge in [-0.1, -0.05) is 23.4 Å². The van der Waals surface area contributed by atoms with E-state index in [2.05, 4.69) is 25.9 Å². The summed E-state index contributed by atoms with van der Waals surface area (Å²) in [7, 11) is 1.59. The third-order valence-corrected chi connectivity index (χ3v) is 2.36. The van der Waals surface area contributed by atoms with Crippen molar-refractivity contribution in [2.24, 2.45) is 0 Å². The van der Waals surface area contributed by atoms with Crippen molar-refractivity contribution in [3.8, 4) is 5.75 Å². The van der Waals surface area contributed by atoms with E-state index in [1.54, 1.807) is 13.2 Å². The molecule has 0 atom stereocenters. The number of carbonyl (C=O) groups excluding carboxylic acids is 1. The zero-order valence-electron chi connectivity index (χ0n) is 10.3. The van der Waals surface area contributed by atoms with Gasteiger partial charge in [0.25, 0.3) is 0 Å². The van der Waals surface area contributed by atoms with E-state index in [1.165, 1.54) is 6.08 Å². The van der Waals surface area contributed by atoms with Gasteiger partial charge in [-0.05, 0) is 12.1 Å². The van der Waals surface area contributed by atoms with Gasteiger partial charge in [0.2, 0.25) is 5.91 Å². The number of aromatic amines is 1. The molecule has 1 heterocycles. The summed E-state index contributed by atoms with van der Waals surface area (Å²) in [6.45, 7) is 0.228. The highest BCUT2D eigenvalue weighted by molar-refractivity contribution is 5.92. The second-order valence-electron chi connectivity index (χ2n) is 3.62. The number of amides is 1. The van der Waals surface area contributed by atoms with E-state index in [-0.39, 0.29) is 12.5 Å². The highest BCUT2D eigenvalue weighted by Gasteiger charge is 2.01. The Morgan fingerprint density at radius 1 is 1.47 bits per heavy atom. The summed E-state index contributed by atoms with van der Waals surface area (Å²) < 4.78 is 5.18. The van der Waals surface area contributed by atoms with Gasteiger partial charge < -0.3 is 10.1 Å². The van der Waals surface area contributed by atoms with Crippen molar-refractivity contribution in [2.75, 3.05) is 7.11 Å². The van der Waals surface area contributed by atoms with Crippen LogP contribution < -0.4 is 10.1 Å². The summed E-state index contributed by atoms with van der Waals surface area (Å²) in [6, 6.07) is 7.44. The summed E-state index contributed by atoms with van der Waals surface area (Å²) in [5, 5.41) is 15.8. The molecule has 1 aromatic heterocycles. The summed E-state index contributed by atoms with van der Waals surface area (Å²) >= 11 is 0. The lowest BCUT2D eigenvalue weighted by molar-refractivity contribution is -0.116. The molecule has 0 saturated carbocycles. The summed E-state index contributed by atoms with van der Waals surface area (Å²) in [6.07, 6.45) is 3.11. The van der Waals surface area contributed by atoms with Crippen LogP contribution in [0.2, 0.25) is 0 Å². The van der Waals surface area contributed by atoms with Crippen LogP contribution in [0.5, 0.6) is 5.75 Å². The van der Waals surface area contributed by atoms with Crippen molar-refractivity contribution in [1.29, 1.82) is 0 Å². The van der Waals surface area contributed by atoms with Crippen molar-refractivity contribution < 1.29 is 9.53 Å². The maximum Gasteiger partial charge on any atom is 0.244 e. The van der Waals surface area contributed by atoms with E-state index >= 15 is 0 Å². The highest BCUT2D eigenvalue weighted by atomic mass is 16.5. The Hall–Kier alpha value is -2.70. The molecule has 2 aromatic rings. The number of rotatable bonds is 5. The number of ether oxygens (including phenoxy) is 1. The summed E-state index contributed by atoms with van der Waals surface area (Å²) in [5.41, 5.74) is 0.833. The molecule has 7 nitrogen and oxygen atoms in total. The number of nitrogens with zero attached hydrogens (tertiary/aromatic N) is 3. The van der Waals surface area contributed by atoms with E-state index in [0.717, 1.165) is 5.56 Å². The Balaban J connectivity index is 1.92. The van der Waals surface area contributed by atoms with Crippen LogP contribution in [0.4, 0.5) is 0 Å². The maximum absolute atomic E-state index is 11.6. The van der Waals surface area contributed by atoms with Gasteiger partial charge in [0, 0.05) is 11.6 Å². The van der Waals surface area contributed by atoms with Crippen LogP contribution in [0.3, 0.4) is 0 Å². The number of carbonyl (C=O) groups is 1. The summed E-state index contributed by atoms with van der Waals surface area (Å²) in [4.78, 5) is 11.6. The molecule has 1 amide bonds. The molecule has 1 aromatic carbocycles. The molecule has 7 heteroatoms. The molecular formula is C12H13N5O2. The zero-order valence-corrected chi connectivity index (χ0v) is 10.3. The number of para-hydroxylation sites is 1. The van der Waals surface area contributed by atoms with Crippen molar-refractivity contribution in [3.05, 3.63) is 41.7 Å². The van der Waals surface area contributed by atoms with Gasteiger partial charge >= 0.3 is 0 Å². The first-order valence-electron chi connectivity index (χ1n) is 5.61. The highest BCUT2D eigenvalue weighted by Crippen LogP contribution is 2.18. The van der Waals surface area contributed by atoms with Gasteiger partial charge in [0.15, 0.2) is 5.82 Å². The number of methoxy groups -OCH3 is 1. The number of tetrazole rings is 1. The van der Waals surface area contributed by atoms with Crippen LogP contribution in [0.1, 0.15) is 11.4 Å². The van der Waals surface area contributed by atoms with E-state index in [4.69, 9.17) is 4.74 Å². The van der Waals surface area contributed by atoms with Gasteiger partial charge in [-0.2, -0.15) is 5.21 Å². The third kappa shape index (κ3) is 3.63. The first-order chi connectivity index (χ1) is 9.29. The van der Waals surface area contributed by atoms with Gasteiger partial charge in [-0.3, -0.25) is 4.79 Å². The Labute approximate surface area is 109 Å². The molecule has 0 bridgehead atoms. The van der Waals surface area contributed by atoms with Gasteiger partial charge in [-0.15, -0.1) is 10.2 Å². The molecule has 0 saturated heterocycles. The molecular weight excluding hydrogens is 246 g/mol. The van der Waals surface area contributed by atoms with Crippen molar-refractivity contribution in [3.63, 3.8) is 0 Å². The van der Waals surface area contributed by atoms with Crippen LogP contribution in [0.15, 0.2) is 30.3 Å². The SMILES string of the molecule is COc1ccccc1C=CC(=O)NCc1nn[nH]n1. The monoisotopic (exact) mass is 259 g/mol. The number of benzene rings is 1. The van der Waals surface area contributed by atoms with Crippen LogP contribution in [-0.4, -0.2) is 33.6 Å². The van der Waals surface area contributed by atoms with E-state index in [9.17, 15) is 4.79 Å². The molecule has 98 valence electrons. The minimum Gasteiger partial charge on any atom is -0.496 e. The fraction of sp³-hybridized carbons (Fsp3) is 0.167. The minimum atomic E-state index is -0.240. The smallest absolute Gasteiger partial charge is 0.244 e. The number of aromatic nitrogens is 4. The molecule has 0 aliphatic rings. The van der Waals surface area contributed by atoms with Gasteiger partial charge in [0.05, 0.1) is 13.7 Å². The molecule has 0 aliphatic heterocycles.